The molecule has 0 spiro atoms. The predicted octanol–water partition coefficient (Wildman–Crippen LogP) is 4.13. The van der Waals surface area contributed by atoms with Crippen LogP contribution in [-0.4, -0.2) is 36.0 Å². The van der Waals surface area contributed by atoms with Gasteiger partial charge in [0.2, 0.25) is 0 Å². The quantitative estimate of drug-likeness (QED) is 0.830. The van der Waals surface area contributed by atoms with E-state index in [-0.39, 0.29) is 17.9 Å². The maximum atomic E-state index is 13.3. The third-order valence-corrected chi connectivity index (χ3v) is 4.50. The lowest BCUT2D eigenvalue weighted by Crippen LogP contribution is -2.27. The minimum Gasteiger partial charge on any atom is -0.493 e. The van der Waals surface area contributed by atoms with Crippen LogP contribution >= 0.6 is 0 Å². The molecule has 0 radical (unpaired) electrons. The molecular formula is C20H22F3N3O2. The van der Waals surface area contributed by atoms with Gasteiger partial charge in [-0.05, 0) is 43.3 Å². The molecule has 1 aromatic heterocycles. The molecule has 5 nitrogen and oxygen atoms in total. The average Bonchev–Trinajstić information content (AvgIpc) is 2.65. The summed E-state index contributed by atoms with van der Waals surface area (Å²) in [5.74, 6) is -0.900. The zero-order valence-corrected chi connectivity index (χ0v) is 15.8. The van der Waals surface area contributed by atoms with Gasteiger partial charge < -0.3 is 15.0 Å². The molecule has 28 heavy (non-hydrogen) atoms. The van der Waals surface area contributed by atoms with Crippen molar-refractivity contribution in [3.8, 4) is 5.75 Å². The molecule has 1 aliphatic heterocycles. The summed E-state index contributed by atoms with van der Waals surface area (Å²) in [5.41, 5.74) is 1.39. The van der Waals surface area contributed by atoms with Crippen LogP contribution in [0, 0.1) is 0 Å². The minimum atomic E-state index is -4.61. The zero-order chi connectivity index (χ0) is 20.3. The minimum absolute atomic E-state index is 0.0917. The monoisotopic (exact) mass is 393 g/mol. The van der Waals surface area contributed by atoms with Crippen LogP contribution in [0.15, 0.2) is 30.5 Å². The smallest absolute Gasteiger partial charge is 0.419 e. The fourth-order valence-corrected chi connectivity index (χ4v) is 3.07. The fourth-order valence-electron chi connectivity index (χ4n) is 3.07. The normalized spacial score (nSPS) is 14.5. The number of amides is 1. The molecule has 1 amide bonds. The Morgan fingerprint density at radius 3 is 2.82 bits per heavy atom. The first-order chi connectivity index (χ1) is 13.3. The highest BCUT2D eigenvalue weighted by molar-refractivity contribution is 6.04. The van der Waals surface area contributed by atoms with Crippen molar-refractivity contribution in [1.82, 2.24) is 9.88 Å². The summed E-state index contributed by atoms with van der Waals surface area (Å²) >= 11 is 0. The van der Waals surface area contributed by atoms with Crippen molar-refractivity contribution >= 4 is 11.6 Å². The summed E-state index contributed by atoms with van der Waals surface area (Å²) in [4.78, 5) is 19.0. The van der Waals surface area contributed by atoms with Crippen LogP contribution in [0.3, 0.4) is 0 Å². The van der Waals surface area contributed by atoms with Crippen LogP contribution < -0.4 is 10.1 Å². The molecule has 0 aliphatic carbocycles. The Labute approximate surface area is 161 Å². The maximum Gasteiger partial charge on any atom is 0.419 e. The second kappa shape index (κ2) is 8.18. The Hall–Kier alpha value is -2.61. The maximum absolute atomic E-state index is 13.3. The first-order valence-corrected chi connectivity index (χ1v) is 9.09. The Morgan fingerprint density at radius 2 is 2.11 bits per heavy atom. The molecule has 0 saturated carbocycles. The van der Waals surface area contributed by atoms with Gasteiger partial charge in [-0.2, -0.15) is 13.2 Å². The molecule has 0 saturated heterocycles. The first kappa shape index (κ1) is 20.1. The summed E-state index contributed by atoms with van der Waals surface area (Å²) in [6, 6.07) is 5.15. The van der Waals surface area contributed by atoms with E-state index in [4.69, 9.17) is 4.74 Å². The van der Waals surface area contributed by atoms with E-state index < -0.39 is 17.6 Å². The lowest BCUT2D eigenvalue weighted by molar-refractivity contribution is -0.139. The number of likely N-dealkylation sites (N-methyl/N-ethyl adjacent to an activating group) is 1. The van der Waals surface area contributed by atoms with Crippen LogP contribution in [0.4, 0.5) is 18.9 Å². The summed E-state index contributed by atoms with van der Waals surface area (Å²) in [6.45, 7) is 3.61. The van der Waals surface area contributed by atoms with Gasteiger partial charge in [0.15, 0.2) is 0 Å². The Bertz CT molecular complexity index is 868. The van der Waals surface area contributed by atoms with Gasteiger partial charge in [-0.15, -0.1) is 0 Å². The molecule has 3 rings (SSSR count). The van der Waals surface area contributed by atoms with Crippen molar-refractivity contribution in [2.75, 3.05) is 25.5 Å². The van der Waals surface area contributed by atoms with E-state index in [0.29, 0.717) is 18.7 Å². The number of nitrogens with zero attached hydrogens (tertiary/aromatic N) is 2. The van der Waals surface area contributed by atoms with Gasteiger partial charge in [-0.1, -0.05) is 6.92 Å². The van der Waals surface area contributed by atoms with E-state index in [2.05, 4.69) is 15.2 Å². The van der Waals surface area contributed by atoms with E-state index in [1.54, 1.807) is 6.92 Å². The lowest BCUT2D eigenvalue weighted by atomic mass is 10.1. The number of pyridine rings is 1. The molecule has 150 valence electrons. The van der Waals surface area contributed by atoms with Crippen molar-refractivity contribution in [1.29, 1.82) is 0 Å². The van der Waals surface area contributed by atoms with E-state index in [9.17, 15) is 18.0 Å². The predicted molar refractivity (Wildman–Crippen MR) is 99.5 cm³/mol. The van der Waals surface area contributed by atoms with Crippen LogP contribution in [0.2, 0.25) is 0 Å². The molecular weight excluding hydrogens is 371 g/mol. The molecule has 0 fully saturated rings. The number of anilines is 1. The van der Waals surface area contributed by atoms with E-state index >= 15 is 0 Å². The highest BCUT2D eigenvalue weighted by Crippen LogP contribution is 2.37. The Morgan fingerprint density at radius 1 is 1.32 bits per heavy atom. The van der Waals surface area contributed by atoms with Gasteiger partial charge >= 0.3 is 6.18 Å². The summed E-state index contributed by atoms with van der Waals surface area (Å²) in [5, 5.41) is 2.64. The van der Waals surface area contributed by atoms with Crippen molar-refractivity contribution in [2.24, 2.45) is 0 Å². The number of carbonyl (C=O) groups excluding carboxylic acids is 1. The number of benzene rings is 1. The van der Waals surface area contributed by atoms with Crippen LogP contribution in [-0.2, 0) is 19.1 Å². The standard InChI is InChI=1S/C20H22F3N3O2/c1-3-8-28-18-5-4-13(10-16(18)20(21,22)23)19(27)25-15-9-14-12-26(2)7-6-17(14)24-11-15/h4-5,9-11H,3,6-8,12H2,1-2H3,(H,25,27). The van der Waals surface area contributed by atoms with Gasteiger partial charge in [0.25, 0.3) is 5.91 Å². The van der Waals surface area contributed by atoms with Gasteiger partial charge in [0.05, 0.1) is 24.1 Å². The number of hydrogen-bond donors (Lipinski definition) is 1. The number of hydrogen-bond acceptors (Lipinski definition) is 4. The number of halogens is 3. The van der Waals surface area contributed by atoms with Gasteiger partial charge in [0, 0.05) is 30.8 Å². The highest BCUT2D eigenvalue weighted by Gasteiger charge is 2.35. The number of rotatable bonds is 5. The summed E-state index contributed by atoms with van der Waals surface area (Å²) in [7, 11) is 2.00. The van der Waals surface area contributed by atoms with Gasteiger partial charge in [-0.25, -0.2) is 0 Å². The Kier molecular flexibility index (Phi) is 5.88. The van der Waals surface area contributed by atoms with Crippen LogP contribution in [0.1, 0.15) is 40.5 Å². The summed E-state index contributed by atoms with van der Waals surface area (Å²) in [6.07, 6.45) is -1.67. The number of fused-ring (bicyclic) bond motifs is 1. The molecule has 8 heteroatoms. The molecule has 0 unspecified atom stereocenters. The highest BCUT2D eigenvalue weighted by atomic mass is 19.4. The zero-order valence-electron chi connectivity index (χ0n) is 15.8. The molecule has 1 aliphatic rings. The molecule has 2 heterocycles. The molecule has 2 aromatic rings. The number of carbonyl (C=O) groups is 1. The lowest BCUT2D eigenvalue weighted by Gasteiger charge is -2.24. The first-order valence-electron chi connectivity index (χ1n) is 9.09. The second-order valence-electron chi connectivity index (χ2n) is 6.83. The van der Waals surface area contributed by atoms with Crippen molar-refractivity contribution < 1.29 is 22.7 Å². The van der Waals surface area contributed by atoms with Crippen LogP contribution in [0.25, 0.3) is 0 Å². The number of alkyl halides is 3. The average molecular weight is 393 g/mol. The number of ether oxygens (including phenoxy) is 1. The fraction of sp³-hybridized carbons (Fsp3) is 0.400. The van der Waals surface area contributed by atoms with Gasteiger partial charge in [0.1, 0.15) is 5.75 Å². The largest absolute Gasteiger partial charge is 0.493 e. The van der Waals surface area contributed by atoms with E-state index in [1.807, 2.05) is 13.1 Å². The third kappa shape index (κ3) is 4.62. The third-order valence-electron chi connectivity index (χ3n) is 4.50. The second-order valence-corrected chi connectivity index (χ2v) is 6.83. The van der Waals surface area contributed by atoms with Crippen molar-refractivity contribution in [3.63, 3.8) is 0 Å². The van der Waals surface area contributed by atoms with E-state index in [0.717, 1.165) is 30.3 Å². The van der Waals surface area contributed by atoms with Crippen molar-refractivity contribution in [2.45, 2.75) is 32.5 Å². The summed E-state index contributed by atoms with van der Waals surface area (Å²) < 4.78 is 45.2. The Balaban J connectivity index is 1.82. The SMILES string of the molecule is CCCOc1ccc(C(=O)Nc2cnc3c(c2)CN(C)CC3)cc1C(F)(F)F. The van der Waals surface area contributed by atoms with Crippen LogP contribution in [0.5, 0.6) is 5.75 Å². The van der Waals surface area contributed by atoms with Gasteiger partial charge in [-0.3, -0.25) is 9.78 Å². The van der Waals surface area contributed by atoms with Crippen molar-refractivity contribution in [3.05, 3.63) is 52.8 Å². The number of aromatic nitrogens is 1. The molecule has 0 atom stereocenters. The topological polar surface area (TPSA) is 54.5 Å². The molecule has 0 bridgehead atoms. The van der Waals surface area contributed by atoms with E-state index in [1.165, 1.54) is 18.3 Å². The number of nitrogens with one attached hydrogen (secondary N) is 1. The molecule has 1 N–H and O–H groups in total. The molecule has 1 aromatic carbocycles.